The van der Waals surface area contributed by atoms with Gasteiger partial charge in [-0.3, -0.25) is 19.7 Å². The van der Waals surface area contributed by atoms with Crippen LogP contribution in [-0.2, 0) is 48.3 Å². The van der Waals surface area contributed by atoms with Crippen LogP contribution >= 0.6 is 0 Å². The second-order valence-electron chi connectivity index (χ2n) is 13.3. The fraction of sp³-hybridized carbons (Fsp3) is 0.295. The van der Waals surface area contributed by atoms with Gasteiger partial charge >= 0.3 is 5.97 Å². The summed E-state index contributed by atoms with van der Waals surface area (Å²) in [5.41, 5.74) is 13.2. The lowest BCUT2D eigenvalue weighted by Crippen LogP contribution is -2.24. The molecule has 7 nitrogen and oxygen atoms in total. The number of carbonyl (C=O) groups is 1. The van der Waals surface area contributed by atoms with Crippen LogP contribution in [0.1, 0.15) is 69.6 Å². The van der Waals surface area contributed by atoms with E-state index in [4.69, 9.17) is 14.7 Å². The lowest BCUT2D eigenvalue weighted by atomic mass is 9.93. The van der Waals surface area contributed by atoms with Crippen molar-refractivity contribution in [1.82, 2.24) is 19.9 Å². The Hall–Kier alpha value is -5.45. The molecule has 0 saturated heterocycles. The van der Waals surface area contributed by atoms with Crippen molar-refractivity contribution in [2.24, 2.45) is 0 Å². The molecule has 6 rings (SSSR count). The van der Waals surface area contributed by atoms with Crippen molar-refractivity contribution in [2.45, 2.75) is 71.9 Å². The SMILES string of the molecule is C=CCOC(=O)CCc1cnc(C#N)c(-c2ncc(-c3nc(CCCN(Cc4ccccc4)Cc4ccccc4)cc4c3CCC4)c(C)c2C)c1. The van der Waals surface area contributed by atoms with Crippen LogP contribution in [0.5, 0.6) is 0 Å². The molecule has 0 aliphatic heterocycles. The smallest absolute Gasteiger partial charge is 0.306 e. The van der Waals surface area contributed by atoms with E-state index in [9.17, 15) is 10.1 Å². The zero-order valence-corrected chi connectivity index (χ0v) is 29.7. The second-order valence-corrected chi connectivity index (χ2v) is 13.3. The summed E-state index contributed by atoms with van der Waals surface area (Å²) >= 11 is 0. The summed E-state index contributed by atoms with van der Waals surface area (Å²) in [5, 5.41) is 9.93. The predicted octanol–water partition coefficient (Wildman–Crippen LogP) is 8.48. The molecule has 0 fully saturated rings. The van der Waals surface area contributed by atoms with Crippen LogP contribution in [0.4, 0.5) is 0 Å². The van der Waals surface area contributed by atoms with Crippen LogP contribution in [0.2, 0.25) is 0 Å². The Kier molecular flexibility index (Phi) is 11.8. The lowest BCUT2D eigenvalue weighted by Gasteiger charge is -2.23. The maximum Gasteiger partial charge on any atom is 0.306 e. The highest BCUT2D eigenvalue weighted by Crippen LogP contribution is 2.37. The lowest BCUT2D eigenvalue weighted by molar-refractivity contribution is -0.142. The molecule has 51 heavy (non-hydrogen) atoms. The van der Waals surface area contributed by atoms with Gasteiger partial charge in [-0.25, -0.2) is 4.98 Å². The zero-order valence-electron chi connectivity index (χ0n) is 29.7. The summed E-state index contributed by atoms with van der Waals surface area (Å²) < 4.78 is 5.13. The first-order chi connectivity index (χ1) is 24.9. The largest absolute Gasteiger partial charge is 0.461 e. The van der Waals surface area contributed by atoms with Gasteiger partial charge in [0, 0.05) is 48.7 Å². The van der Waals surface area contributed by atoms with Gasteiger partial charge in [-0.05, 0) is 110 Å². The Morgan fingerprint density at radius 3 is 2.29 bits per heavy atom. The Morgan fingerprint density at radius 1 is 0.882 bits per heavy atom. The van der Waals surface area contributed by atoms with Crippen molar-refractivity contribution in [2.75, 3.05) is 13.2 Å². The van der Waals surface area contributed by atoms with Gasteiger partial charge in [-0.2, -0.15) is 5.26 Å². The number of benzene rings is 2. The first kappa shape index (κ1) is 35.4. The average molecular weight is 676 g/mol. The maximum atomic E-state index is 12.1. The molecule has 3 aromatic heterocycles. The topological polar surface area (TPSA) is 92.0 Å². The zero-order chi connectivity index (χ0) is 35.6. The third-order valence-electron chi connectivity index (χ3n) is 9.73. The number of hydrogen-bond donors (Lipinski definition) is 0. The molecule has 7 heteroatoms. The highest BCUT2D eigenvalue weighted by atomic mass is 16.5. The minimum Gasteiger partial charge on any atom is -0.461 e. The molecule has 0 amide bonds. The van der Waals surface area contributed by atoms with E-state index in [0.717, 1.165) is 91.1 Å². The van der Waals surface area contributed by atoms with Gasteiger partial charge in [-0.1, -0.05) is 73.3 Å². The van der Waals surface area contributed by atoms with E-state index in [2.05, 4.69) is 103 Å². The van der Waals surface area contributed by atoms with Gasteiger partial charge in [-0.15, -0.1) is 0 Å². The summed E-state index contributed by atoms with van der Waals surface area (Å²) in [6, 6.07) is 27.9. The van der Waals surface area contributed by atoms with E-state index in [1.54, 1.807) is 12.3 Å². The monoisotopic (exact) mass is 675 g/mol. The first-order valence-electron chi connectivity index (χ1n) is 17.9. The molecular weight excluding hydrogens is 631 g/mol. The summed E-state index contributed by atoms with van der Waals surface area (Å²) in [4.78, 5) is 29.3. The number of nitriles is 1. The fourth-order valence-corrected chi connectivity index (χ4v) is 6.97. The molecule has 5 aromatic rings. The molecule has 0 radical (unpaired) electrons. The number of ether oxygens (including phenoxy) is 1. The number of aromatic nitrogens is 3. The number of aryl methyl sites for hydroxylation is 3. The van der Waals surface area contributed by atoms with Gasteiger partial charge in [0.2, 0.25) is 0 Å². The predicted molar refractivity (Wildman–Crippen MR) is 202 cm³/mol. The molecule has 0 saturated carbocycles. The molecule has 1 aliphatic rings. The van der Waals surface area contributed by atoms with Gasteiger partial charge in [0.1, 0.15) is 18.4 Å². The number of carbonyl (C=O) groups excluding carboxylic acids is 1. The second kappa shape index (κ2) is 17.0. The Morgan fingerprint density at radius 2 is 1.61 bits per heavy atom. The van der Waals surface area contributed by atoms with Crippen molar-refractivity contribution < 1.29 is 9.53 Å². The molecule has 258 valence electrons. The van der Waals surface area contributed by atoms with E-state index in [1.165, 1.54) is 22.3 Å². The van der Waals surface area contributed by atoms with Crippen molar-refractivity contribution in [3.8, 4) is 28.6 Å². The summed E-state index contributed by atoms with van der Waals surface area (Å²) in [6.07, 6.45) is 10.9. The normalized spacial score (nSPS) is 12.0. The third kappa shape index (κ3) is 8.83. The number of nitrogens with zero attached hydrogens (tertiary/aromatic N) is 5. The molecule has 0 spiro atoms. The van der Waals surface area contributed by atoms with Crippen LogP contribution in [0.25, 0.3) is 22.5 Å². The van der Waals surface area contributed by atoms with Crippen molar-refractivity contribution in [3.05, 3.63) is 148 Å². The minimum absolute atomic E-state index is 0.188. The number of rotatable bonds is 15. The van der Waals surface area contributed by atoms with Gasteiger partial charge in [0.15, 0.2) is 0 Å². The van der Waals surface area contributed by atoms with E-state index >= 15 is 0 Å². The quantitative estimate of drug-likeness (QED) is 0.0812. The maximum absolute atomic E-state index is 12.1. The van der Waals surface area contributed by atoms with E-state index in [-0.39, 0.29) is 19.0 Å². The number of pyridine rings is 3. The van der Waals surface area contributed by atoms with Gasteiger partial charge < -0.3 is 4.74 Å². The molecule has 2 aromatic carbocycles. The molecular formula is C44H45N5O2. The van der Waals surface area contributed by atoms with Crippen LogP contribution in [0, 0.1) is 25.2 Å². The van der Waals surface area contributed by atoms with Crippen molar-refractivity contribution in [1.29, 1.82) is 5.26 Å². The van der Waals surface area contributed by atoms with Crippen LogP contribution in [0.15, 0.2) is 97.8 Å². The average Bonchev–Trinajstić information content (AvgIpc) is 3.64. The molecule has 3 heterocycles. The minimum atomic E-state index is -0.297. The van der Waals surface area contributed by atoms with E-state index < -0.39 is 0 Å². The van der Waals surface area contributed by atoms with Crippen molar-refractivity contribution >= 4 is 5.97 Å². The summed E-state index contributed by atoms with van der Waals surface area (Å²) in [6.45, 7) is 10.7. The highest BCUT2D eigenvalue weighted by molar-refractivity contribution is 5.76. The molecule has 0 unspecified atom stereocenters. The van der Waals surface area contributed by atoms with Crippen LogP contribution < -0.4 is 0 Å². The Labute approximate surface area is 301 Å². The van der Waals surface area contributed by atoms with Gasteiger partial charge in [0.05, 0.1) is 11.4 Å². The van der Waals surface area contributed by atoms with Crippen LogP contribution in [0.3, 0.4) is 0 Å². The van der Waals surface area contributed by atoms with Crippen molar-refractivity contribution in [3.63, 3.8) is 0 Å². The number of hydrogen-bond acceptors (Lipinski definition) is 7. The molecule has 1 aliphatic carbocycles. The van der Waals surface area contributed by atoms with E-state index in [0.29, 0.717) is 17.7 Å². The summed E-state index contributed by atoms with van der Waals surface area (Å²) in [7, 11) is 0. The standard InChI is InChI=1S/C44H45N5O2/c1-4-23-51-42(50)21-20-35-24-39(41(26-45)46-27-35)43-32(3)31(2)40(28-47-43)44-38-19-11-17-36(38)25-37(48-44)18-12-22-49(29-33-13-7-5-8-14-33)30-34-15-9-6-10-16-34/h4-10,13-16,24-25,27-28H,1,11-12,17-23,29-30H2,2-3H3. The van der Waals surface area contributed by atoms with Crippen LogP contribution in [-0.4, -0.2) is 39.0 Å². The molecule has 0 N–H and O–H groups in total. The Bertz CT molecular complexity index is 1990. The highest BCUT2D eigenvalue weighted by Gasteiger charge is 2.23. The molecule has 0 bridgehead atoms. The molecule has 0 atom stereocenters. The summed E-state index contributed by atoms with van der Waals surface area (Å²) in [5.74, 6) is -0.297. The van der Waals surface area contributed by atoms with Gasteiger partial charge in [0.25, 0.3) is 0 Å². The van der Waals surface area contributed by atoms with E-state index in [1.807, 2.05) is 12.3 Å². The number of fused-ring (bicyclic) bond motifs is 1. The first-order valence-corrected chi connectivity index (χ1v) is 17.9. The number of esters is 1. The fourth-order valence-electron chi connectivity index (χ4n) is 6.97. The third-order valence-corrected chi connectivity index (χ3v) is 9.73. The Balaban J connectivity index is 1.23.